The van der Waals surface area contributed by atoms with E-state index in [0.717, 1.165) is 29.8 Å². The number of aliphatic hydroxyl groups excluding tert-OH is 1. The first-order chi connectivity index (χ1) is 8.36. The SMILES string of the molecule is OC[C@H]1CCC[C@H]1Nc1nc2ccccc2[nH]1. The summed E-state index contributed by atoms with van der Waals surface area (Å²) in [4.78, 5) is 7.76. The third kappa shape index (κ3) is 2.00. The van der Waals surface area contributed by atoms with Gasteiger partial charge in [-0.2, -0.15) is 0 Å². The first-order valence-electron chi connectivity index (χ1n) is 6.19. The highest BCUT2D eigenvalue weighted by molar-refractivity contribution is 5.77. The Morgan fingerprint density at radius 1 is 1.35 bits per heavy atom. The van der Waals surface area contributed by atoms with Gasteiger partial charge < -0.3 is 15.4 Å². The molecule has 2 atom stereocenters. The Morgan fingerprint density at radius 3 is 3.06 bits per heavy atom. The van der Waals surface area contributed by atoms with Crippen molar-refractivity contribution in [3.05, 3.63) is 24.3 Å². The maximum atomic E-state index is 9.28. The van der Waals surface area contributed by atoms with Crippen molar-refractivity contribution in [2.24, 2.45) is 5.92 Å². The molecule has 0 aliphatic heterocycles. The number of imidazole rings is 1. The van der Waals surface area contributed by atoms with E-state index in [9.17, 15) is 5.11 Å². The number of aliphatic hydroxyl groups is 1. The number of anilines is 1. The molecule has 0 unspecified atom stereocenters. The molecule has 90 valence electrons. The summed E-state index contributed by atoms with van der Waals surface area (Å²) >= 11 is 0. The summed E-state index contributed by atoms with van der Waals surface area (Å²) in [5, 5.41) is 12.7. The minimum Gasteiger partial charge on any atom is -0.396 e. The van der Waals surface area contributed by atoms with E-state index < -0.39 is 0 Å². The molecule has 4 heteroatoms. The molecule has 1 aliphatic rings. The van der Waals surface area contributed by atoms with Crippen molar-refractivity contribution in [2.45, 2.75) is 25.3 Å². The summed E-state index contributed by atoms with van der Waals surface area (Å²) in [7, 11) is 0. The summed E-state index contributed by atoms with van der Waals surface area (Å²) in [5.41, 5.74) is 2.03. The summed E-state index contributed by atoms with van der Waals surface area (Å²) in [6.07, 6.45) is 3.40. The average molecular weight is 231 g/mol. The molecule has 1 aromatic heterocycles. The largest absolute Gasteiger partial charge is 0.396 e. The number of para-hydroxylation sites is 2. The van der Waals surface area contributed by atoms with Crippen LogP contribution in [0.5, 0.6) is 0 Å². The molecule has 1 aromatic carbocycles. The van der Waals surface area contributed by atoms with Crippen LogP contribution in [-0.4, -0.2) is 27.7 Å². The van der Waals surface area contributed by atoms with Crippen molar-refractivity contribution in [3.8, 4) is 0 Å². The van der Waals surface area contributed by atoms with Gasteiger partial charge in [0.2, 0.25) is 5.95 Å². The Bertz CT molecular complexity index is 475. The van der Waals surface area contributed by atoms with Crippen molar-refractivity contribution in [1.82, 2.24) is 9.97 Å². The lowest BCUT2D eigenvalue weighted by Crippen LogP contribution is -2.26. The molecule has 0 spiro atoms. The fourth-order valence-corrected chi connectivity index (χ4v) is 2.64. The lowest BCUT2D eigenvalue weighted by Gasteiger charge is -2.18. The van der Waals surface area contributed by atoms with Gasteiger partial charge in [0.25, 0.3) is 0 Å². The molecule has 1 fully saturated rings. The molecule has 1 heterocycles. The second-order valence-corrected chi connectivity index (χ2v) is 4.73. The molecular weight excluding hydrogens is 214 g/mol. The number of hydrogen-bond acceptors (Lipinski definition) is 3. The van der Waals surface area contributed by atoms with Crippen LogP contribution < -0.4 is 5.32 Å². The van der Waals surface area contributed by atoms with Crippen LogP contribution in [0.25, 0.3) is 11.0 Å². The number of aromatic nitrogens is 2. The predicted molar refractivity (Wildman–Crippen MR) is 67.9 cm³/mol. The van der Waals surface area contributed by atoms with Crippen molar-refractivity contribution in [3.63, 3.8) is 0 Å². The number of rotatable bonds is 3. The van der Waals surface area contributed by atoms with Crippen molar-refractivity contribution >= 4 is 17.0 Å². The second kappa shape index (κ2) is 4.37. The Hall–Kier alpha value is -1.55. The summed E-state index contributed by atoms with van der Waals surface area (Å²) in [5.74, 6) is 1.18. The van der Waals surface area contributed by atoms with Crippen molar-refractivity contribution < 1.29 is 5.11 Å². The van der Waals surface area contributed by atoms with Crippen LogP contribution in [0.2, 0.25) is 0 Å². The number of hydrogen-bond donors (Lipinski definition) is 3. The van der Waals surface area contributed by atoms with Gasteiger partial charge in [0.05, 0.1) is 11.0 Å². The molecule has 0 amide bonds. The van der Waals surface area contributed by atoms with E-state index in [4.69, 9.17) is 0 Å². The maximum absolute atomic E-state index is 9.28. The highest BCUT2D eigenvalue weighted by atomic mass is 16.3. The van der Waals surface area contributed by atoms with E-state index >= 15 is 0 Å². The lowest BCUT2D eigenvalue weighted by atomic mass is 10.1. The van der Waals surface area contributed by atoms with Gasteiger partial charge in [-0.05, 0) is 25.0 Å². The average Bonchev–Trinajstić information content (AvgIpc) is 2.94. The van der Waals surface area contributed by atoms with Crippen LogP contribution in [0.1, 0.15) is 19.3 Å². The standard InChI is InChI=1S/C13H17N3O/c17-8-9-4-3-7-10(9)14-13-15-11-5-1-2-6-12(11)16-13/h1-2,5-6,9-10,17H,3-4,7-8H2,(H2,14,15,16)/t9-,10-/m1/s1. The highest BCUT2D eigenvalue weighted by Crippen LogP contribution is 2.27. The van der Waals surface area contributed by atoms with E-state index in [1.165, 1.54) is 6.42 Å². The van der Waals surface area contributed by atoms with Gasteiger partial charge in [-0.1, -0.05) is 18.6 Å². The van der Waals surface area contributed by atoms with Crippen LogP contribution in [-0.2, 0) is 0 Å². The van der Waals surface area contributed by atoms with Crippen molar-refractivity contribution in [2.75, 3.05) is 11.9 Å². The lowest BCUT2D eigenvalue weighted by molar-refractivity contribution is 0.222. The van der Waals surface area contributed by atoms with Gasteiger partial charge in [0.1, 0.15) is 0 Å². The van der Waals surface area contributed by atoms with E-state index in [2.05, 4.69) is 15.3 Å². The van der Waals surface area contributed by atoms with Gasteiger partial charge in [-0.3, -0.25) is 0 Å². The first kappa shape index (κ1) is 10.6. The fourth-order valence-electron chi connectivity index (χ4n) is 2.64. The van der Waals surface area contributed by atoms with E-state index in [-0.39, 0.29) is 6.61 Å². The Balaban J connectivity index is 1.80. The third-order valence-electron chi connectivity index (χ3n) is 3.61. The molecule has 17 heavy (non-hydrogen) atoms. The number of H-pyrrole nitrogens is 1. The van der Waals surface area contributed by atoms with Gasteiger partial charge in [0.15, 0.2) is 0 Å². The maximum Gasteiger partial charge on any atom is 0.201 e. The molecule has 1 saturated carbocycles. The van der Waals surface area contributed by atoms with Gasteiger partial charge in [0, 0.05) is 18.6 Å². The molecule has 0 saturated heterocycles. The number of fused-ring (bicyclic) bond motifs is 1. The number of nitrogens with zero attached hydrogens (tertiary/aromatic N) is 1. The molecule has 1 aliphatic carbocycles. The zero-order chi connectivity index (χ0) is 11.7. The summed E-state index contributed by atoms with van der Waals surface area (Å²) in [6, 6.07) is 8.34. The smallest absolute Gasteiger partial charge is 0.201 e. The Morgan fingerprint density at radius 2 is 2.24 bits per heavy atom. The van der Waals surface area contributed by atoms with Gasteiger partial charge in [-0.15, -0.1) is 0 Å². The van der Waals surface area contributed by atoms with Gasteiger partial charge >= 0.3 is 0 Å². The second-order valence-electron chi connectivity index (χ2n) is 4.73. The zero-order valence-corrected chi connectivity index (χ0v) is 9.69. The zero-order valence-electron chi connectivity index (χ0n) is 9.69. The Kier molecular flexibility index (Phi) is 2.73. The minimum atomic E-state index is 0.262. The van der Waals surface area contributed by atoms with Gasteiger partial charge in [-0.25, -0.2) is 4.98 Å². The van der Waals surface area contributed by atoms with Crippen LogP contribution in [0.15, 0.2) is 24.3 Å². The van der Waals surface area contributed by atoms with Crippen LogP contribution in [0.4, 0.5) is 5.95 Å². The fraction of sp³-hybridized carbons (Fsp3) is 0.462. The number of aromatic amines is 1. The van der Waals surface area contributed by atoms with Crippen LogP contribution in [0, 0.1) is 5.92 Å². The molecule has 3 N–H and O–H groups in total. The monoisotopic (exact) mass is 231 g/mol. The molecular formula is C13H17N3O. The van der Waals surface area contributed by atoms with Crippen molar-refractivity contribution in [1.29, 1.82) is 0 Å². The molecule has 4 nitrogen and oxygen atoms in total. The normalized spacial score (nSPS) is 24.3. The molecule has 2 aromatic rings. The highest BCUT2D eigenvalue weighted by Gasteiger charge is 2.26. The number of benzene rings is 1. The first-order valence-corrected chi connectivity index (χ1v) is 6.19. The predicted octanol–water partition coefficient (Wildman–Crippen LogP) is 2.14. The Labute approximate surface area is 100 Å². The summed E-state index contributed by atoms with van der Waals surface area (Å²) in [6.45, 7) is 0.262. The van der Waals surface area contributed by atoms with E-state index in [1.54, 1.807) is 0 Å². The van der Waals surface area contributed by atoms with E-state index in [1.807, 2.05) is 24.3 Å². The number of nitrogens with one attached hydrogen (secondary N) is 2. The molecule has 3 rings (SSSR count). The minimum absolute atomic E-state index is 0.262. The third-order valence-corrected chi connectivity index (χ3v) is 3.61. The molecule has 0 radical (unpaired) electrons. The van der Waals surface area contributed by atoms with Crippen LogP contribution >= 0.6 is 0 Å². The topological polar surface area (TPSA) is 60.9 Å². The van der Waals surface area contributed by atoms with E-state index in [0.29, 0.717) is 12.0 Å². The quantitative estimate of drug-likeness (QED) is 0.758. The van der Waals surface area contributed by atoms with Crippen LogP contribution in [0.3, 0.4) is 0 Å². The molecule has 0 bridgehead atoms. The summed E-state index contributed by atoms with van der Waals surface area (Å²) < 4.78 is 0.